The highest BCUT2D eigenvalue weighted by Crippen LogP contribution is 2.30. The Bertz CT molecular complexity index is 1240. The van der Waals surface area contributed by atoms with Gasteiger partial charge in [-0.2, -0.15) is 14.6 Å². The number of anilines is 2. The molecule has 0 saturated carbocycles. The van der Waals surface area contributed by atoms with Crippen LogP contribution >= 0.6 is 0 Å². The van der Waals surface area contributed by atoms with E-state index in [1.54, 1.807) is 36.4 Å². The predicted molar refractivity (Wildman–Crippen MR) is 137 cm³/mol. The highest BCUT2D eigenvalue weighted by molar-refractivity contribution is 6.12. The summed E-state index contributed by atoms with van der Waals surface area (Å²) in [5, 5.41) is 8.64. The van der Waals surface area contributed by atoms with E-state index < -0.39 is 11.6 Å². The van der Waals surface area contributed by atoms with E-state index in [4.69, 9.17) is 26.9 Å². The number of nitrogens with zero attached hydrogens (tertiary/aromatic N) is 6. The molecule has 4 rings (SSSR count). The molecule has 0 amide bonds. The molecule has 0 radical (unpaired) electrons. The van der Waals surface area contributed by atoms with Crippen LogP contribution in [0.5, 0.6) is 5.75 Å². The Labute approximate surface area is 213 Å². The van der Waals surface area contributed by atoms with Crippen LogP contribution in [0.2, 0.25) is 0 Å². The minimum atomic E-state index is -1.20. The first-order valence-electron chi connectivity index (χ1n) is 11.9. The van der Waals surface area contributed by atoms with Crippen molar-refractivity contribution in [2.45, 2.75) is 12.8 Å². The van der Waals surface area contributed by atoms with Gasteiger partial charge >= 0.3 is 0 Å². The molecule has 1 aliphatic rings. The molecule has 1 saturated heterocycles. The summed E-state index contributed by atoms with van der Waals surface area (Å²) < 4.78 is 42.3. The van der Waals surface area contributed by atoms with E-state index in [0.717, 1.165) is 49.8 Å². The summed E-state index contributed by atoms with van der Waals surface area (Å²) in [6, 6.07) is 4.26. The Balaban J connectivity index is 1.44. The number of rotatable bonds is 9. The Morgan fingerprint density at radius 3 is 2.65 bits per heavy atom. The van der Waals surface area contributed by atoms with Crippen molar-refractivity contribution in [3.8, 4) is 16.9 Å². The number of morpholine rings is 1. The molecule has 37 heavy (non-hydrogen) atoms. The van der Waals surface area contributed by atoms with E-state index in [1.807, 2.05) is 0 Å². The number of aryl methyl sites for hydroxylation is 1. The van der Waals surface area contributed by atoms with Crippen molar-refractivity contribution in [3.63, 3.8) is 0 Å². The average molecular weight is 516 g/mol. The van der Waals surface area contributed by atoms with Gasteiger partial charge in [0.1, 0.15) is 5.82 Å². The lowest BCUT2D eigenvalue weighted by molar-refractivity contribution is 0.0367. The fourth-order valence-corrected chi connectivity index (χ4v) is 4.02. The van der Waals surface area contributed by atoms with Gasteiger partial charge in [0.15, 0.2) is 17.4 Å². The molecule has 0 bridgehead atoms. The van der Waals surface area contributed by atoms with Crippen molar-refractivity contribution in [1.82, 2.24) is 19.7 Å². The number of nitrogen functional groups attached to an aromatic ring is 1. The van der Waals surface area contributed by atoms with Crippen LogP contribution in [0.25, 0.3) is 11.1 Å². The average Bonchev–Trinajstić information content (AvgIpc) is 3.34. The van der Waals surface area contributed by atoms with E-state index in [1.165, 1.54) is 12.1 Å². The van der Waals surface area contributed by atoms with Gasteiger partial charge in [-0.1, -0.05) is 0 Å². The maximum absolute atomic E-state index is 15.0. The van der Waals surface area contributed by atoms with Gasteiger partial charge in [-0.3, -0.25) is 14.6 Å². The third-order valence-corrected chi connectivity index (χ3v) is 6.06. The van der Waals surface area contributed by atoms with Crippen molar-refractivity contribution in [2.75, 3.05) is 50.2 Å². The second kappa shape index (κ2) is 12.0. The smallest absolute Gasteiger partial charge is 0.202 e. The number of hydrazone groups is 1. The van der Waals surface area contributed by atoms with Crippen LogP contribution < -0.4 is 27.2 Å². The topological polar surface area (TPSA) is 146 Å². The van der Waals surface area contributed by atoms with Gasteiger partial charge in [0.25, 0.3) is 0 Å². The minimum absolute atomic E-state index is 0.0604. The van der Waals surface area contributed by atoms with E-state index in [9.17, 15) is 4.39 Å². The molecule has 198 valence electrons. The Kier molecular flexibility index (Phi) is 8.48. The van der Waals surface area contributed by atoms with Gasteiger partial charge in [0, 0.05) is 43.7 Å². The highest BCUT2D eigenvalue weighted by atomic mass is 19.2. The zero-order chi connectivity index (χ0) is 26.4. The Morgan fingerprint density at radius 1 is 1.16 bits per heavy atom. The monoisotopic (exact) mass is 515 g/mol. The molecule has 1 aromatic carbocycles. The summed E-state index contributed by atoms with van der Waals surface area (Å²) in [7, 11) is 1.78. The summed E-state index contributed by atoms with van der Waals surface area (Å²) >= 11 is 0. The standard InChI is InChI=1S/C24H31F2N9O2/c1-33-15-17(14-31-33)16-12-18(23(27)30-13-16)24(32-28)35(29)19-4-5-20(22(26)21(19)25)37-9-3-2-6-34-7-10-36-11-8-34/h4-5,12-15H,2-3,6-11,28-29H2,1H3,(H2,27,30)/b32-24-. The summed E-state index contributed by atoms with van der Waals surface area (Å²) in [6.45, 7) is 4.45. The number of amidine groups is 1. The number of halogens is 2. The fraction of sp³-hybridized carbons (Fsp3) is 0.375. The van der Waals surface area contributed by atoms with Crippen molar-refractivity contribution in [2.24, 2.45) is 23.8 Å². The first-order valence-corrected chi connectivity index (χ1v) is 11.9. The number of nitrogens with two attached hydrogens (primary N) is 3. The highest BCUT2D eigenvalue weighted by Gasteiger charge is 2.23. The molecule has 13 heteroatoms. The second-order valence-corrected chi connectivity index (χ2v) is 8.60. The molecule has 2 aromatic heterocycles. The molecule has 6 N–H and O–H groups in total. The van der Waals surface area contributed by atoms with Crippen LogP contribution in [0.3, 0.4) is 0 Å². The molecule has 0 atom stereocenters. The molecule has 0 spiro atoms. The summed E-state index contributed by atoms with van der Waals surface area (Å²) in [5.74, 6) is 9.11. The van der Waals surface area contributed by atoms with Crippen LogP contribution in [-0.2, 0) is 11.8 Å². The van der Waals surface area contributed by atoms with Gasteiger partial charge in [-0.05, 0) is 37.6 Å². The fourth-order valence-electron chi connectivity index (χ4n) is 4.02. The molecule has 1 fully saturated rings. The third kappa shape index (κ3) is 6.13. The zero-order valence-electron chi connectivity index (χ0n) is 20.6. The molecular formula is C24H31F2N9O2. The number of hydrazine groups is 1. The van der Waals surface area contributed by atoms with E-state index in [0.29, 0.717) is 12.0 Å². The quantitative estimate of drug-likeness (QED) is 0.128. The van der Waals surface area contributed by atoms with Crippen LogP contribution in [0, 0.1) is 11.6 Å². The van der Waals surface area contributed by atoms with Gasteiger partial charge in [-0.25, -0.2) is 15.2 Å². The second-order valence-electron chi connectivity index (χ2n) is 8.60. The summed E-state index contributed by atoms with van der Waals surface area (Å²) in [4.78, 5) is 6.47. The van der Waals surface area contributed by atoms with E-state index in [-0.39, 0.29) is 35.3 Å². The number of hydrogen-bond donors (Lipinski definition) is 3. The molecular weight excluding hydrogens is 484 g/mol. The first-order chi connectivity index (χ1) is 17.9. The minimum Gasteiger partial charge on any atom is -0.490 e. The third-order valence-electron chi connectivity index (χ3n) is 6.06. The molecule has 0 aliphatic carbocycles. The summed E-state index contributed by atoms with van der Waals surface area (Å²) in [5.41, 5.74) is 7.41. The molecule has 3 heterocycles. The lowest BCUT2D eigenvalue weighted by atomic mass is 10.1. The first kappa shape index (κ1) is 26.3. The van der Waals surface area contributed by atoms with Crippen molar-refractivity contribution < 1.29 is 18.3 Å². The molecule has 11 nitrogen and oxygen atoms in total. The maximum atomic E-state index is 15.0. The summed E-state index contributed by atoms with van der Waals surface area (Å²) in [6.07, 6.45) is 6.56. The van der Waals surface area contributed by atoms with Crippen LogP contribution in [0.15, 0.2) is 41.9 Å². The van der Waals surface area contributed by atoms with Gasteiger partial charge < -0.3 is 21.1 Å². The molecule has 0 unspecified atom stereocenters. The number of pyridine rings is 1. The number of benzene rings is 1. The van der Waals surface area contributed by atoms with Crippen molar-refractivity contribution in [1.29, 1.82) is 0 Å². The van der Waals surface area contributed by atoms with Crippen molar-refractivity contribution in [3.05, 3.63) is 54.0 Å². The molecule has 3 aromatic rings. The zero-order valence-corrected chi connectivity index (χ0v) is 20.6. The largest absolute Gasteiger partial charge is 0.490 e. The number of aromatic nitrogens is 3. The van der Waals surface area contributed by atoms with Crippen LogP contribution in [0.1, 0.15) is 18.4 Å². The van der Waals surface area contributed by atoms with Crippen molar-refractivity contribution >= 4 is 17.3 Å². The van der Waals surface area contributed by atoms with Crippen LogP contribution in [0.4, 0.5) is 20.3 Å². The van der Waals surface area contributed by atoms with Gasteiger partial charge in [0.05, 0.1) is 37.3 Å². The lowest BCUT2D eigenvalue weighted by Gasteiger charge is -2.26. The van der Waals surface area contributed by atoms with Gasteiger partial charge in [0.2, 0.25) is 5.82 Å². The number of unbranched alkanes of at least 4 members (excludes halogenated alkanes) is 1. The molecule has 1 aliphatic heterocycles. The number of hydrogen-bond acceptors (Lipinski definition) is 9. The Hall–Kier alpha value is -3.81. The van der Waals surface area contributed by atoms with Gasteiger partial charge in [-0.15, -0.1) is 0 Å². The SMILES string of the molecule is Cn1cc(-c2cnc(N)c(/C(=N/N)N(N)c3ccc(OCCCCN4CCOCC4)c(F)c3F)c2)cn1. The maximum Gasteiger partial charge on any atom is 0.202 e. The predicted octanol–water partition coefficient (Wildman–Crippen LogP) is 1.83. The normalized spacial score (nSPS) is 14.6. The Morgan fingerprint density at radius 2 is 1.95 bits per heavy atom. The van der Waals surface area contributed by atoms with Crippen LogP contribution in [-0.4, -0.2) is 65.0 Å². The van der Waals surface area contributed by atoms with E-state index in [2.05, 4.69) is 20.1 Å². The van der Waals surface area contributed by atoms with E-state index >= 15 is 4.39 Å². The number of ether oxygens (including phenoxy) is 2. The lowest BCUT2D eigenvalue weighted by Crippen LogP contribution is -2.40.